The molecule has 0 saturated carbocycles. The van der Waals surface area contributed by atoms with Crippen LogP contribution in [0.4, 0.5) is 4.39 Å². The average molecular weight is 226 g/mol. The van der Waals surface area contributed by atoms with Gasteiger partial charge in [0.15, 0.2) is 11.6 Å². The maximum absolute atomic E-state index is 12.9. The van der Waals surface area contributed by atoms with Gasteiger partial charge >= 0.3 is 5.97 Å². The second-order valence-corrected chi connectivity index (χ2v) is 3.85. The molecule has 88 valence electrons. The monoisotopic (exact) mass is 226 g/mol. The quantitative estimate of drug-likeness (QED) is 0.829. The van der Waals surface area contributed by atoms with Gasteiger partial charge in [-0.25, -0.2) is 4.39 Å². The average Bonchev–Trinajstić information content (AvgIpc) is 2.24. The second kappa shape index (κ2) is 4.96. The van der Waals surface area contributed by atoms with Crippen LogP contribution in [-0.4, -0.2) is 16.2 Å². The molecule has 1 aromatic rings. The highest BCUT2D eigenvalue weighted by Gasteiger charge is 2.24. The Kier molecular flexibility index (Phi) is 3.88. The summed E-state index contributed by atoms with van der Waals surface area (Å²) < 4.78 is 12.9. The van der Waals surface area contributed by atoms with Crippen molar-refractivity contribution in [2.24, 2.45) is 5.92 Å². The van der Waals surface area contributed by atoms with Gasteiger partial charge in [-0.05, 0) is 30.0 Å². The lowest BCUT2D eigenvalue weighted by Crippen LogP contribution is -2.18. The lowest BCUT2D eigenvalue weighted by atomic mass is 9.85. The van der Waals surface area contributed by atoms with E-state index in [1.165, 1.54) is 12.1 Å². The summed E-state index contributed by atoms with van der Waals surface area (Å²) in [6, 6.07) is 3.97. The molecule has 1 unspecified atom stereocenters. The molecule has 2 N–H and O–H groups in total. The maximum atomic E-state index is 12.9. The number of rotatable bonds is 4. The fourth-order valence-corrected chi connectivity index (χ4v) is 1.81. The summed E-state index contributed by atoms with van der Waals surface area (Å²) in [7, 11) is 0. The van der Waals surface area contributed by atoms with Crippen LogP contribution in [0.1, 0.15) is 31.7 Å². The Bertz CT molecular complexity index is 390. The Hall–Kier alpha value is -1.58. The van der Waals surface area contributed by atoms with Gasteiger partial charge < -0.3 is 10.2 Å². The van der Waals surface area contributed by atoms with Crippen LogP contribution >= 0.6 is 0 Å². The molecule has 0 aromatic heterocycles. The van der Waals surface area contributed by atoms with Gasteiger partial charge in [-0.1, -0.05) is 19.9 Å². The number of hydrogen-bond donors (Lipinski definition) is 2. The number of halogens is 1. The van der Waals surface area contributed by atoms with E-state index < -0.39 is 23.5 Å². The zero-order valence-corrected chi connectivity index (χ0v) is 9.27. The third kappa shape index (κ3) is 2.51. The number of carbonyl (C=O) groups is 1. The number of aliphatic carboxylic acids is 1. The first kappa shape index (κ1) is 12.5. The molecule has 0 fully saturated rings. The van der Waals surface area contributed by atoms with E-state index >= 15 is 0 Å². The van der Waals surface area contributed by atoms with Crippen LogP contribution in [0, 0.1) is 11.7 Å². The summed E-state index contributed by atoms with van der Waals surface area (Å²) in [5.74, 6) is -2.80. The molecule has 0 aliphatic rings. The third-order valence-electron chi connectivity index (χ3n) is 2.83. The minimum absolute atomic E-state index is 0.219. The van der Waals surface area contributed by atoms with Crippen LogP contribution in [0.5, 0.6) is 5.75 Å². The van der Waals surface area contributed by atoms with Crippen molar-refractivity contribution in [3.63, 3.8) is 0 Å². The molecule has 0 aliphatic heterocycles. The van der Waals surface area contributed by atoms with E-state index in [0.29, 0.717) is 12.0 Å². The molecule has 2 atom stereocenters. The van der Waals surface area contributed by atoms with Crippen LogP contribution in [-0.2, 0) is 4.79 Å². The molecular weight excluding hydrogens is 211 g/mol. The van der Waals surface area contributed by atoms with Gasteiger partial charge in [0.05, 0.1) is 5.92 Å². The highest BCUT2D eigenvalue weighted by molar-refractivity contribution is 5.71. The molecule has 1 rings (SSSR count). The number of benzene rings is 1. The molecule has 0 radical (unpaired) electrons. The molecule has 1 aromatic carbocycles. The fraction of sp³-hybridized carbons (Fsp3) is 0.417. The standard InChI is InChI=1S/C12H15FO3/c1-3-9(7(2)12(15)16)8-4-5-10(13)11(14)6-8/h4-7,9,14H,3H2,1-2H3,(H,15,16)/t7?,9-/m1/s1. The minimum atomic E-state index is -0.893. The van der Waals surface area contributed by atoms with E-state index in [1.807, 2.05) is 6.92 Å². The summed E-state index contributed by atoms with van der Waals surface area (Å²) in [6.07, 6.45) is 0.624. The van der Waals surface area contributed by atoms with Crippen LogP contribution in [0.15, 0.2) is 18.2 Å². The van der Waals surface area contributed by atoms with Crippen molar-refractivity contribution in [2.45, 2.75) is 26.2 Å². The number of carboxylic acids is 1. The largest absolute Gasteiger partial charge is 0.505 e. The Morgan fingerprint density at radius 3 is 2.56 bits per heavy atom. The third-order valence-corrected chi connectivity index (χ3v) is 2.83. The molecule has 0 heterocycles. The van der Waals surface area contributed by atoms with Crippen LogP contribution in [0.2, 0.25) is 0 Å². The smallest absolute Gasteiger partial charge is 0.306 e. The van der Waals surface area contributed by atoms with Gasteiger partial charge in [-0.2, -0.15) is 0 Å². The van der Waals surface area contributed by atoms with Gasteiger partial charge in [0.25, 0.3) is 0 Å². The van der Waals surface area contributed by atoms with Crippen molar-refractivity contribution < 1.29 is 19.4 Å². The predicted octanol–water partition coefficient (Wildman–Crippen LogP) is 2.75. The molecule has 0 bridgehead atoms. The predicted molar refractivity (Wildman–Crippen MR) is 57.9 cm³/mol. The number of hydrogen-bond acceptors (Lipinski definition) is 2. The Labute approximate surface area is 93.5 Å². The zero-order chi connectivity index (χ0) is 12.3. The first-order valence-corrected chi connectivity index (χ1v) is 5.18. The van der Waals surface area contributed by atoms with Crippen molar-refractivity contribution in [1.82, 2.24) is 0 Å². The van der Waals surface area contributed by atoms with Gasteiger partial charge in [-0.15, -0.1) is 0 Å². The van der Waals surface area contributed by atoms with E-state index in [2.05, 4.69) is 0 Å². The van der Waals surface area contributed by atoms with Crippen LogP contribution in [0.25, 0.3) is 0 Å². The Morgan fingerprint density at radius 1 is 1.50 bits per heavy atom. The molecule has 0 saturated heterocycles. The maximum Gasteiger partial charge on any atom is 0.306 e. The first-order valence-electron chi connectivity index (χ1n) is 5.18. The SMILES string of the molecule is CC[C@@H](c1ccc(F)c(O)c1)C(C)C(=O)O. The van der Waals surface area contributed by atoms with E-state index in [4.69, 9.17) is 5.11 Å². The summed E-state index contributed by atoms with van der Waals surface area (Å²) in [6.45, 7) is 3.47. The highest BCUT2D eigenvalue weighted by atomic mass is 19.1. The lowest BCUT2D eigenvalue weighted by Gasteiger charge is -2.19. The van der Waals surface area contributed by atoms with Crippen LogP contribution in [0.3, 0.4) is 0 Å². The van der Waals surface area contributed by atoms with Crippen molar-refractivity contribution in [2.75, 3.05) is 0 Å². The van der Waals surface area contributed by atoms with Gasteiger partial charge in [0.1, 0.15) is 0 Å². The van der Waals surface area contributed by atoms with Crippen molar-refractivity contribution in [3.05, 3.63) is 29.6 Å². The van der Waals surface area contributed by atoms with Gasteiger partial charge in [0.2, 0.25) is 0 Å². The summed E-state index contributed by atoms with van der Waals surface area (Å²) >= 11 is 0. The number of phenolic OH excluding ortho intramolecular Hbond substituents is 1. The molecule has 4 heteroatoms. The minimum Gasteiger partial charge on any atom is -0.505 e. The van der Waals surface area contributed by atoms with E-state index in [0.717, 1.165) is 6.07 Å². The topological polar surface area (TPSA) is 57.5 Å². The lowest BCUT2D eigenvalue weighted by molar-refractivity contribution is -0.141. The molecule has 0 aliphatic carbocycles. The van der Waals surface area contributed by atoms with Crippen LogP contribution < -0.4 is 0 Å². The van der Waals surface area contributed by atoms with E-state index in [1.54, 1.807) is 6.92 Å². The molecule has 0 spiro atoms. The van der Waals surface area contributed by atoms with Crippen molar-refractivity contribution in [3.8, 4) is 5.75 Å². The first-order chi connectivity index (χ1) is 7.47. The second-order valence-electron chi connectivity index (χ2n) is 3.85. The number of carboxylic acid groups (broad SMARTS) is 1. The molecular formula is C12H15FO3. The van der Waals surface area contributed by atoms with Crippen molar-refractivity contribution in [1.29, 1.82) is 0 Å². The zero-order valence-electron chi connectivity index (χ0n) is 9.27. The van der Waals surface area contributed by atoms with Crippen molar-refractivity contribution >= 4 is 5.97 Å². The van der Waals surface area contributed by atoms with E-state index in [9.17, 15) is 14.3 Å². The summed E-state index contributed by atoms with van der Waals surface area (Å²) in [5.41, 5.74) is 0.649. The van der Waals surface area contributed by atoms with Gasteiger partial charge in [0, 0.05) is 0 Å². The molecule has 0 amide bonds. The normalized spacial score (nSPS) is 14.4. The molecule has 3 nitrogen and oxygen atoms in total. The van der Waals surface area contributed by atoms with E-state index in [-0.39, 0.29) is 5.92 Å². The highest BCUT2D eigenvalue weighted by Crippen LogP contribution is 2.31. The summed E-state index contributed by atoms with van der Waals surface area (Å²) in [4.78, 5) is 10.9. The number of aromatic hydroxyl groups is 1. The Balaban J connectivity index is 3.04. The molecule has 16 heavy (non-hydrogen) atoms. The Morgan fingerprint density at radius 2 is 2.12 bits per heavy atom. The van der Waals surface area contributed by atoms with Gasteiger partial charge in [-0.3, -0.25) is 4.79 Å². The fourth-order valence-electron chi connectivity index (χ4n) is 1.81. The summed E-state index contributed by atoms with van der Waals surface area (Å²) in [5, 5.41) is 18.2. The number of phenols is 1.